The van der Waals surface area contributed by atoms with Crippen LogP contribution in [0.1, 0.15) is 12.5 Å². The fraction of sp³-hybridized carbons (Fsp3) is 0.250. The molecule has 0 saturated carbocycles. The highest BCUT2D eigenvalue weighted by Gasteiger charge is 2.04. The first kappa shape index (κ1) is 11.9. The number of nitrogens with zero attached hydrogens (tertiary/aromatic N) is 2. The van der Waals surface area contributed by atoms with E-state index in [1.165, 1.54) is 12.1 Å². The molecule has 1 heterocycles. The zero-order valence-corrected chi connectivity index (χ0v) is 10.1. The summed E-state index contributed by atoms with van der Waals surface area (Å²) in [5.41, 5.74) is 0.685. The standard InChI is InChI=1S/C12H12ClFN2O/c1-2-16-8-12(7-15-16)17-11-4-9(6-13)3-10(14)5-11/h3-5,7-8H,2,6H2,1H3. The molecule has 2 rings (SSSR count). The van der Waals surface area contributed by atoms with Gasteiger partial charge in [0.15, 0.2) is 5.75 Å². The molecule has 0 fully saturated rings. The molecule has 90 valence electrons. The number of hydrogen-bond donors (Lipinski definition) is 0. The minimum atomic E-state index is -0.360. The lowest BCUT2D eigenvalue weighted by molar-refractivity contribution is 0.475. The van der Waals surface area contributed by atoms with E-state index >= 15 is 0 Å². The molecule has 0 aliphatic heterocycles. The smallest absolute Gasteiger partial charge is 0.165 e. The average molecular weight is 255 g/mol. The van der Waals surface area contributed by atoms with Crippen LogP contribution < -0.4 is 4.74 Å². The Kier molecular flexibility index (Phi) is 3.64. The summed E-state index contributed by atoms with van der Waals surface area (Å²) < 4.78 is 20.5. The first-order valence-electron chi connectivity index (χ1n) is 5.27. The van der Waals surface area contributed by atoms with E-state index < -0.39 is 0 Å². The minimum absolute atomic E-state index is 0.252. The molecule has 5 heteroatoms. The van der Waals surface area contributed by atoms with Gasteiger partial charge in [-0.3, -0.25) is 4.68 Å². The average Bonchev–Trinajstić information content (AvgIpc) is 2.76. The van der Waals surface area contributed by atoms with Crippen LogP contribution in [0, 0.1) is 5.82 Å². The summed E-state index contributed by atoms with van der Waals surface area (Å²) in [6.07, 6.45) is 3.35. The Hall–Kier alpha value is -1.55. The maximum Gasteiger partial charge on any atom is 0.165 e. The van der Waals surface area contributed by atoms with Crippen LogP contribution in [0.3, 0.4) is 0 Å². The highest BCUT2D eigenvalue weighted by molar-refractivity contribution is 6.17. The fourth-order valence-corrected chi connectivity index (χ4v) is 1.62. The molecule has 17 heavy (non-hydrogen) atoms. The fourth-order valence-electron chi connectivity index (χ4n) is 1.46. The summed E-state index contributed by atoms with van der Waals surface area (Å²) in [5, 5.41) is 4.07. The second-order valence-electron chi connectivity index (χ2n) is 3.56. The van der Waals surface area contributed by atoms with E-state index in [4.69, 9.17) is 16.3 Å². The van der Waals surface area contributed by atoms with Gasteiger partial charge in [-0.1, -0.05) is 0 Å². The number of aromatic nitrogens is 2. The van der Waals surface area contributed by atoms with Crippen molar-refractivity contribution in [3.05, 3.63) is 42.0 Å². The van der Waals surface area contributed by atoms with Crippen LogP contribution in [-0.2, 0) is 12.4 Å². The molecule has 0 spiro atoms. The van der Waals surface area contributed by atoms with E-state index in [1.54, 1.807) is 23.1 Å². The van der Waals surface area contributed by atoms with Gasteiger partial charge in [0.2, 0.25) is 0 Å². The molecule has 0 unspecified atom stereocenters. The lowest BCUT2D eigenvalue weighted by Gasteiger charge is -2.04. The van der Waals surface area contributed by atoms with Crippen LogP contribution >= 0.6 is 11.6 Å². The Bertz CT molecular complexity index is 513. The van der Waals surface area contributed by atoms with Crippen molar-refractivity contribution in [2.45, 2.75) is 19.3 Å². The lowest BCUT2D eigenvalue weighted by Crippen LogP contribution is -1.92. The van der Waals surface area contributed by atoms with Gasteiger partial charge in [0.05, 0.1) is 12.4 Å². The molecule has 0 bridgehead atoms. The maximum absolute atomic E-state index is 13.2. The van der Waals surface area contributed by atoms with Gasteiger partial charge in [0.1, 0.15) is 11.6 Å². The van der Waals surface area contributed by atoms with Crippen LogP contribution in [0.25, 0.3) is 0 Å². The SMILES string of the molecule is CCn1cc(Oc2cc(F)cc(CCl)c2)cn1. The van der Waals surface area contributed by atoms with E-state index in [0.29, 0.717) is 17.1 Å². The first-order valence-corrected chi connectivity index (χ1v) is 5.80. The Labute approximate surface area is 104 Å². The van der Waals surface area contributed by atoms with Crippen LogP contribution in [0.15, 0.2) is 30.6 Å². The van der Waals surface area contributed by atoms with Crippen molar-refractivity contribution in [1.82, 2.24) is 9.78 Å². The van der Waals surface area contributed by atoms with E-state index in [-0.39, 0.29) is 11.7 Å². The molecule has 0 saturated heterocycles. The van der Waals surface area contributed by atoms with Crippen molar-refractivity contribution in [2.75, 3.05) is 0 Å². The third kappa shape index (κ3) is 2.97. The molecule has 0 aliphatic carbocycles. The number of ether oxygens (including phenoxy) is 1. The van der Waals surface area contributed by atoms with E-state index in [2.05, 4.69) is 5.10 Å². The third-order valence-electron chi connectivity index (χ3n) is 2.25. The third-order valence-corrected chi connectivity index (χ3v) is 2.56. The van der Waals surface area contributed by atoms with Crippen molar-refractivity contribution in [2.24, 2.45) is 0 Å². The van der Waals surface area contributed by atoms with Crippen molar-refractivity contribution < 1.29 is 9.13 Å². The number of halogens is 2. The quantitative estimate of drug-likeness (QED) is 0.780. The molecular formula is C12H12ClFN2O. The molecule has 2 aromatic rings. The summed E-state index contributed by atoms with van der Waals surface area (Å²) in [6.45, 7) is 2.74. The lowest BCUT2D eigenvalue weighted by atomic mass is 10.2. The predicted molar refractivity (Wildman–Crippen MR) is 63.9 cm³/mol. The largest absolute Gasteiger partial charge is 0.454 e. The molecule has 0 atom stereocenters. The van der Waals surface area contributed by atoms with Crippen LogP contribution in [0.4, 0.5) is 4.39 Å². The van der Waals surface area contributed by atoms with Gasteiger partial charge >= 0.3 is 0 Å². The second-order valence-corrected chi connectivity index (χ2v) is 3.83. The zero-order chi connectivity index (χ0) is 12.3. The van der Waals surface area contributed by atoms with Crippen molar-refractivity contribution in [1.29, 1.82) is 0 Å². The van der Waals surface area contributed by atoms with Crippen LogP contribution in [0.5, 0.6) is 11.5 Å². The maximum atomic E-state index is 13.2. The van der Waals surface area contributed by atoms with Gasteiger partial charge in [-0.15, -0.1) is 11.6 Å². The number of alkyl halides is 1. The summed E-state index contributed by atoms with van der Waals surface area (Å²) >= 11 is 5.66. The van der Waals surface area contributed by atoms with Crippen molar-refractivity contribution in [3.63, 3.8) is 0 Å². The van der Waals surface area contributed by atoms with Crippen molar-refractivity contribution in [3.8, 4) is 11.5 Å². The molecular weight excluding hydrogens is 243 g/mol. The summed E-state index contributed by atoms with van der Waals surface area (Å²) in [5.74, 6) is 0.901. The first-order chi connectivity index (χ1) is 8.21. The molecule has 0 aliphatic rings. The Morgan fingerprint density at radius 2 is 2.18 bits per heavy atom. The highest BCUT2D eigenvalue weighted by Crippen LogP contribution is 2.23. The van der Waals surface area contributed by atoms with Gasteiger partial charge < -0.3 is 4.74 Å². The number of hydrogen-bond acceptors (Lipinski definition) is 2. The van der Waals surface area contributed by atoms with E-state index in [9.17, 15) is 4.39 Å². The van der Waals surface area contributed by atoms with Crippen molar-refractivity contribution >= 4 is 11.6 Å². The highest BCUT2D eigenvalue weighted by atomic mass is 35.5. The molecule has 1 aromatic heterocycles. The molecule has 0 amide bonds. The Morgan fingerprint density at radius 3 is 2.82 bits per heavy atom. The molecule has 1 aromatic carbocycles. The second kappa shape index (κ2) is 5.19. The van der Waals surface area contributed by atoms with Gasteiger partial charge in [-0.25, -0.2) is 4.39 Å². The van der Waals surface area contributed by atoms with E-state index in [0.717, 1.165) is 6.54 Å². The summed E-state index contributed by atoms with van der Waals surface area (Å²) in [4.78, 5) is 0. The minimum Gasteiger partial charge on any atom is -0.454 e. The Balaban J connectivity index is 2.20. The molecule has 0 N–H and O–H groups in total. The summed E-state index contributed by atoms with van der Waals surface area (Å²) in [7, 11) is 0. The normalized spacial score (nSPS) is 10.5. The predicted octanol–water partition coefficient (Wildman–Crippen LogP) is 3.57. The number of rotatable bonds is 4. The Morgan fingerprint density at radius 1 is 1.35 bits per heavy atom. The monoisotopic (exact) mass is 254 g/mol. The zero-order valence-electron chi connectivity index (χ0n) is 9.36. The van der Waals surface area contributed by atoms with Gasteiger partial charge in [0, 0.05) is 18.5 Å². The number of aryl methyl sites for hydroxylation is 1. The summed E-state index contributed by atoms with van der Waals surface area (Å²) in [6, 6.07) is 4.41. The number of benzene rings is 1. The molecule has 0 radical (unpaired) electrons. The molecule has 3 nitrogen and oxygen atoms in total. The van der Waals surface area contributed by atoms with Gasteiger partial charge in [-0.2, -0.15) is 5.10 Å². The van der Waals surface area contributed by atoms with Crippen LogP contribution in [-0.4, -0.2) is 9.78 Å². The van der Waals surface area contributed by atoms with Gasteiger partial charge in [0.25, 0.3) is 0 Å². The topological polar surface area (TPSA) is 27.1 Å². The van der Waals surface area contributed by atoms with Gasteiger partial charge in [-0.05, 0) is 24.6 Å². The van der Waals surface area contributed by atoms with E-state index in [1.807, 2.05) is 6.92 Å². The van der Waals surface area contributed by atoms with Crippen LogP contribution in [0.2, 0.25) is 0 Å².